The van der Waals surface area contributed by atoms with Crippen molar-refractivity contribution >= 4 is 17.9 Å². The quantitative estimate of drug-likeness (QED) is 0.0261. The third kappa shape index (κ3) is 65.7. The number of carbonyl (C=O) groups excluding carboxylic acids is 3. The van der Waals surface area contributed by atoms with Crippen LogP contribution in [0.1, 0.15) is 278 Å². The Balaban J connectivity index is 4.09. The molecule has 0 N–H and O–H groups in total. The Morgan fingerprint density at radius 3 is 0.765 bits per heavy atom. The smallest absolute Gasteiger partial charge is 0.306 e. The molecule has 0 aliphatic heterocycles. The van der Waals surface area contributed by atoms with Gasteiger partial charge in [0.05, 0.1) is 0 Å². The van der Waals surface area contributed by atoms with Gasteiger partial charge in [0.15, 0.2) is 6.10 Å². The van der Waals surface area contributed by atoms with Crippen LogP contribution >= 0.6 is 0 Å². The van der Waals surface area contributed by atoms with Gasteiger partial charge in [-0.15, -0.1) is 0 Å². The van der Waals surface area contributed by atoms with Crippen LogP contribution in [0.2, 0.25) is 0 Å². The Morgan fingerprint density at radius 1 is 0.259 bits per heavy atom. The molecule has 0 fully saturated rings. The third-order valence-electron chi connectivity index (χ3n) is 13.5. The van der Waals surface area contributed by atoms with E-state index in [1.165, 1.54) is 77.0 Å². The van der Waals surface area contributed by atoms with Crippen molar-refractivity contribution in [3.63, 3.8) is 0 Å². The van der Waals surface area contributed by atoms with Crippen molar-refractivity contribution in [1.29, 1.82) is 0 Å². The first-order chi connectivity index (χ1) is 40.0. The minimum absolute atomic E-state index is 0.0962. The molecule has 0 rings (SSSR count). The van der Waals surface area contributed by atoms with E-state index in [-0.39, 0.29) is 37.5 Å². The second-order valence-electron chi connectivity index (χ2n) is 21.3. The fourth-order valence-corrected chi connectivity index (χ4v) is 8.66. The highest BCUT2D eigenvalue weighted by Crippen LogP contribution is 2.15. The molecule has 0 amide bonds. The zero-order valence-electron chi connectivity index (χ0n) is 52.2. The van der Waals surface area contributed by atoms with Gasteiger partial charge in [-0.2, -0.15) is 0 Å². The van der Waals surface area contributed by atoms with Gasteiger partial charge in [-0.3, -0.25) is 14.4 Å². The molecule has 0 aromatic rings. The predicted octanol–water partition coefficient (Wildman–Crippen LogP) is 22.9. The number of rotatable bonds is 58. The van der Waals surface area contributed by atoms with Crippen molar-refractivity contribution < 1.29 is 28.6 Å². The number of hydrogen-bond acceptors (Lipinski definition) is 6. The lowest BCUT2D eigenvalue weighted by atomic mass is 10.0. The molecular formula is C75H120O6. The minimum atomic E-state index is -0.799. The molecule has 0 saturated heterocycles. The molecule has 0 heterocycles. The van der Waals surface area contributed by atoms with E-state index in [0.717, 1.165) is 161 Å². The van der Waals surface area contributed by atoms with Crippen molar-refractivity contribution in [2.75, 3.05) is 13.2 Å². The van der Waals surface area contributed by atoms with Crippen LogP contribution in [-0.2, 0) is 28.6 Å². The highest BCUT2D eigenvalue weighted by molar-refractivity contribution is 5.71. The maximum absolute atomic E-state index is 12.8. The van der Waals surface area contributed by atoms with Crippen LogP contribution in [-0.4, -0.2) is 37.2 Å². The average Bonchev–Trinajstić information content (AvgIpc) is 3.47. The normalized spacial score (nSPS) is 13.2. The second-order valence-corrected chi connectivity index (χ2v) is 21.3. The van der Waals surface area contributed by atoms with Crippen LogP contribution in [0.4, 0.5) is 0 Å². The van der Waals surface area contributed by atoms with E-state index in [9.17, 15) is 14.4 Å². The fraction of sp³-hybridized carbons (Fsp3) is 0.613. The second kappa shape index (κ2) is 67.5. The lowest BCUT2D eigenvalue weighted by Gasteiger charge is -2.18. The zero-order chi connectivity index (χ0) is 58.5. The molecule has 6 heteroatoms. The molecule has 1 atom stereocenters. The van der Waals surface area contributed by atoms with Crippen LogP contribution in [0.5, 0.6) is 0 Å². The highest BCUT2D eigenvalue weighted by Gasteiger charge is 2.19. The Morgan fingerprint density at radius 2 is 0.481 bits per heavy atom. The van der Waals surface area contributed by atoms with E-state index in [1.54, 1.807) is 0 Å². The summed E-state index contributed by atoms with van der Waals surface area (Å²) in [4.78, 5) is 38.0. The van der Waals surface area contributed by atoms with Gasteiger partial charge in [0.25, 0.3) is 0 Å². The molecule has 81 heavy (non-hydrogen) atoms. The summed E-state index contributed by atoms with van der Waals surface area (Å²) in [5.74, 6) is -0.946. The van der Waals surface area contributed by atoms with Crippen molar-refractivity contribution in [1.82, 2.24) is 0 Å². The summed E-state index contributed by atoms with van der Waals surface area (Å²) in [7, 11) is 0. The van der Waals surface area contributed by atoms with Gasteiger partial charge in [-0.1, -0.05) is 288 Å². The number of esters is 3. The Hall–Kier alpha value is -4.97. The van der Waals surface area contributed by atoms with E-state index >= 15 is 0 Å². The maximum atomic E-state index is 12.8. The van der Waals surface area contributed by atoms with Gasteiger partial charge < -0.3 is 14.2 Å². The van der Waals surface area contributed by atoms with Crippen LogP contribution in [0.15, 0.2) is 158 Å². The molecule has 0 aromatic carbocycles. The number of carbonyl (C=O) groups is 3. The highest BCUT2D eigenvalue weighted by atomic mass is 16.6. The van der Waals surface area contributed by atoms with Crippen molar-refractivity contribution in [2.45, 2.75) is 284 Å². The van der Waals surface area contributed by atoms with Gasteiger partial charge in [0, 0.05) is 19.3 Å². The lowest BCUT2D eigenvalue weighted by Crippen LogP contribution is -2.30. The molecular weight excluding hydrogens is 997 g/mol. The molecule has 1 unspecified atom stereocenters. The standard InChI is InChI=1S/C75H120O6/c1-4-7-10-13-15-17-19-21-23-25-27-29-31-33-34-35-36-37-38-39-40-42-43-45-47-49-51-53-55-57-59-62-65-68-74(77)80-71-72(70-79-73(76)67-64-61-12-9-6-3)81-75(78)69-66-63-60-58-56-54-52-50-48-46-44-41-32-30-28-26-24-22-20-18-16-14-11-8-5-2/h7-8,10-11,15-18,21-24,27-30,33-34,36-37,41,44,48,50,54,56,72H,4-6,9,12-14,19-20,25-26,31-32,35,38-40,42-43,45-47,49,51-53,55,57-71H2,1-3H3/b10-7-,11-8-,17-15-,18-16-,23-21-,24-22-,29-27-,30-28-,34-33-,37-36-,44-41-,50-48-,56-54-. The summed E-state index contributed by atoms with van der Waals surface area (Å²) in [5.41, 5.74) is 0. The van der Waals surface area contributed by atoms with Crippen molar-refractivity contribution in [3.8, 4) is 0 Å². The first kappa shape index (κ1) is 76.0. The SMILES string of the molecule is CC/C=C\C/C=C\C/C=C\C/C=C\C/C=C\C/C=C\C/C=C\CCCCCC(=O)OC(COC(=O)CCCCCCC)COC(=O)CCCCCCCCCCCCCCCC/C=C\C/C=C\C/C=C\C/C=C\C/C=C\C/C=C\CC. The van der Waals surface area contributed by atoms with Gasteiger partial charge >= 0.3 is 17.9 Å². The minimum Gasteiger partial charge on any atom is -0.462 e. The summed E-state index contributed by atoms with van der Waals surface area (Å²) < 4.78 is 16.7. The molecule has 456 valence electrons. The number of unbranched alkanes of at least 4 members (excludes halogenated alkanes) is 21. The first-order valence-electron chi connectivity index (χ1n) is 33.0. The van der Waals surface area contributed by atoms with Gasteiger partial charge in [-0.25, -0.2) is 0 Å². The molecule has 6 nitrogen and oxygen atoms in total. The molecule has 0 bridgehead atoms. The first-order valence-corrected chi connectivity index (χ1v) is 33.0. The average molecular weight is 1120 g/mol. The number of hydrogen-bond donors (Lipinski definition) is 0. The summed E-state index contributed by atoms with van der Waals surface area (Å²) in [6.07, 6.45) is 98.8. The van der Waals surface area contributed by atoms with Crippen LogP contribution in [0, 0.1) is 0 Å². The molecule has 0 saturated carbocycles. The fourth-order valence-electron chi connectivity index (χ4n) is 8.66. The van der Waals surface area contributed by atoms with Crippen LogP contribution < -0.4 is 0 Å². The third-order valence-corrected chi connectivity index (χ3v) is 13.5. The van der Waals surface area contributed by atoms with Gasteiger partial charge in [0.2, 0.25) is 0 Å². The van der Waals surface area contributed by atoms with Crippen LogP contribution in [0.25, 0.3) is 0 Å². The summed E-state index contributed by atoms with van der Waals surface area (Å²) in [6, 6.07) is 0. The van der Waals surface area contributed by atoms with Crippen LogP contribution in [0.3, 0.4) is 0 Å². The van der Waals surface area contributed by atoms with E-state index in [2.05, 4.69) is 179 Å². The molecule has 0 aromatic heterocycles. The Kier molecular flexibility index (Phi) is 63.4. The van der Waals surface area contributed by atoms with Gasteiger partial charge in [0.1, 0.15) is 13.2 Å². The van der Waals surface area contributed by atoms with Gasteiger partial charge in [-0.05, 0) is 128 Å². The molecule has 0 aliphatic rings. The Labute approximate surface area is 499 Å². The number of allylic oxidation sites excluding steroid dienone is 26. The Bertz CT molecular complexity index is 1810. The van der Waals surface area contributed by atoms with Crippen molar-refractivity contribution in [3.05, 3.63) is 158 Å². The largest absolute Gasteiger partial charge is 0.462 e. The zero-order valence-corrected chi connectivity index (χ0v) is 52.2. The summed E-state index contributed by atoms with van der Waals surface area (Å²) in [6.45, 7) is 6.30. The summed E-state index contributed by atoms with van der Waals surface area (Å²) >= 11 is 0. The number of ether oxygens (including phenoxy) is 3. The summed E-state index contributed by atoms with van der Waals surface area (Å²) in [5, 5.41) is 0. The van der Waals surface area contributed by atoms with E-state index in [1.807, 2.05) is 0 Å². The van der Waals surface area contributed by atoms with E-state index in [0.29, 0.717) is 12.8 Å². The topological polar surface area (TPSA) is 78.9 Å². The van der Waals surface area contributed by atoms with Crippen molar-refractivity contribution in [2.24, 2.45) is 0 Å². The molecule has 0 aliphatic carbocycles. The van der Waals surface area contributed by atoms with E-state index < -0.39 is 6.10 Å². The maximum Gasteiger partial charge on any atom is 0.306 e. The molecule has 0 spiro atoms. The lowest BCUT2D eigenvalue weighted by molar-refractivity contribution is -0.167. The monoisotopic (exact) mass is 1120 g/mol. The molecule has 0 radical (unpaired) electrons. The van der Waals surface area contributed by atoms with E-state index in [4.69, 9.17) is 14.2 Å². The predicted molar refractivity (Wildman–Crippen MR) is 352 cm³/mol.